The molecule has 0 aromatic carbocycles. The summed E-state index contributed by atoms with van der Waals surface area (Å²) in [6, 6.07) is 0. The largest absolute Gasteiger partial charge is 0.379 e. The summed E-state index contributed by atoms with van der Waals surface area (Å²) in [6.45, 7) is 6.18. The fourth-order valence-electron chi connectivity index (χ4n) is 2.53. The van der Waals surface area contributed by atoms with Crippen molar-refractivity contribution < 1.29 is 9.47 Å². The van der Waals surface area contributed by atoms with E-state index in [4.69, 9.17) is 9.47 Å². The van der Waals surface area contributed by atoms with Crippen LogP contribution in [0.2, 0.25) is 0 Å². The molecule has 2 heterocycles. The van der Waals surface area contributed by atoms with Crippen molar-refractivity contribution in [2.75, 3.05) is 40.0 Å². The predicted octanol–water partition coefficient (Wildman–Crippen LogP) is 2.62. The summed E-state index contributed by atoms with van der Waals surface area (Å²) >= 11 is 1.74. The van der Waals surface area contributed by atoms with Crippen molar-refractivity contribution in [2.24, 2.45) is 4.99 Å². The second kappa shape index (κ2) is 13.7. The Labute approximate surface area is 172 Å². The van der Waals surface area contributed by atoms with Gasteiger partial charge in [-0.05, 0) is 25.7 Å². The van der Waals surface area contributed by atoms with E-state index in [1.807, 2.05) is 0 Å². The molecule has 6 nitrogen and oxygen atoms in total. The van der Waals surface area contributed by atoms with Crippen molar-refractivity contribution in [1.29, 1.82) is 0 Å². The van der Waals surface area contributed by atoms with Gasteiger partial charge < -0.3 is 20.1 Å². The number of hydrogen-bond acceptors (Lipinski definition) is 5. The Hall–Kier alpha value is -0.450. The van der Waals surface area contributed by atoms with E-state index in [0.717, 1.165) is 76.7 Å². The number of aromatic nitrogens is 1. The van der Waals surface area contributed by atoms with Gasteiger partial charge in [0.15, 0.2) is 5.96 Å². The first-order chi connectivity index (χ1) is 11.8. The van der Waals surface area contributed by atoms with Gasteiger partial charge >= 0.3 is 0 Å². The molecule has 1 aliphatic heterocycles. The number of guanidine groups is 1. The quantitative estimate of drug-likeness (QED) is 0.232. The van der Waals surface area contributed by atoms with Gasteiger partial charge in [-0.2, -0.15) is 0 Å². The first kappa shape index (κ1) is 22.6. The first-order valence-electron chi connectivity index (χ1n) is 8.89. The number of ether oxygens (including phenoxy) is 2. The molecule has 0 bridgehead atoms. The minimum Gasteiger partial charge on any atom is -0.379 e. The third kappa shape index (κ3) is 9.16. The second-order valence-corrected chi connectivity index (χ2v) is 6.77. The van der Waals surface area contributed by atoms with Gasteiger partial charge in [0.25, 0.3) is 0 Å². The van der Waals surface area contributed by atoms with Crippen molar-refractivity contribution in [1.82, 2.24) is 15.6 Å². The highest BCUT2D eigenvalue weighted by Crippen LogP contribution is 2.12. The van der Waals surface area contributed by atoms with Crippen LogP contribution in [0.4, 0.5) is 0 Å². The van der Waals surface area contributed by atoms with Gasteiger partial charge in [0.05, 0.1) is 23.4 Å². The molecule has 2 N–H and O–H groups in total. The zero-order valence-electron chi connectivity index (χ0n) is 15.3. The van der Waals surface area contributed by atoms with Crippen molar-refractivity contribution in [2.45, 2.75) is 45.1 Å². The van der Waals surface area contributed by atoms with Gasteiger partial charge in [0.1, 0.15) is 0 Å². The smallest absolute Gasteiger partial charge is 0.190 e. The van der Waals surface area contributed by atoms with E-state index < -0.39 is 0 Å². The van der Waals surface area contributed by atoms with Gasteiger partial charge in [-0.15, -0.1) is 35.3 Å². The third-order valence-electron chi connectivity index (χ3n) is 3.88. The van der Waals surface area contributed by atoms with Crippen molar-refractivity contribution in [3.8, 4) is 0 Å². The van der Waals surface area contributed by atoms with Crippen molar-refractivity contribution >= 4 is 41.3 Å². The molecule has 2 rings (SSSR count). The maximum atomic E-state index is 5.65. The lowest BCUT2D eigenvalue weighted by molar-refractivity contribution is 0.0168. The molecule has 1 aromatic rings. The zero-order chi connectivity index (χ0) is 17.0. The molecule has 1 fully saturated rings. The summed E-state index contributed by atoms with van der Waals surface area (Å²) in [5, 5.41) is 9.98. The fourth-order valence-corrected chi connectivity index (χ4v) is 3.31. The van der Waals surface area contributed by atoms with E-state index in [0.29, 0.717) is 6.10 Å². The lowest BCUT2D eigenvalue weighted by Crippen LogP contribution is -2.39. The highest BCUT2D eigenvalue weighted by Gasteiger charge is 2.14. The molecule has 1 unspecified atom stereocenters. The summed E-state index contributed by atoms with van der Waals surface area (Å²) in [4.78, 5) is 8.81. The normalized spacial score (nSPS) is 17.4. The van der Waals surface area contributed by atoms with E-state index in [9.17, 15) is 0 Å². The van der Waals surface area contributed by atoms with Crippen LogP contribution in [0.1, 0.15) is 36.9 Å². The Kier molecular flexibility index (Phi) is 12.4. The lowest BCUT2D eigenvalue weighted by atomic mass is 10.2. The average molecular weight is 482 g/mol. The maximum absolute atomic E-state index is 5.65. The van der Waals surface area contributed by atoms with Crippen LogP contribution in [0.25, 0.3) is 0 Å². The van der Waals surface area contributed by atoms with Crippen LogP contribution in [0.5, 0.6) is 0 Å². The Morgan fingerprint density at radius 3 is 2.96 bits per heavy atom. The van der Waals surface area contributed by atoms with Crippen LogP contribution < -0.4 is 10.6 Å². The number of aliphatic imine (C=N–C) groups is 1. The second-order valence-electron chi connectivity index (χ2n) is 5.83. The Bertz CT molecular complexity index is 493. The molecule has 0 spiro atoms. The molecule has 1 atom stereocenters. The number of hydrogen-bond donors (Lipinski definition) is 2. The number of nitrogens with zero attached hydrogens (tertiary/aromatic N) is 2. The summed E-state index contributed by atoms with van der Waals surface area (Å²) in [6.07, 6.45) is 5.50. The van der Waals surface area contributed by atoms with Crippen LogP contribution in [0.15, 0.2) is 10.4 Å². The monoisotopic (exact) mass is 482 g/mol. The molecule has 0 aliphatic carbocycles. The van der Waals surface area contributed by atoms with Crippen molar-refractivity contribution in [3.05, 3.63) is 16.1 Å². The van der Waals surface area contributed by atoms with Crippen molar-refractivity contribution in [3.63, 3.8) is 0 Å². The number of aryl methyl sites for hydroxylation is 1. The molecule has 0 amide bonds. The van der Waals surface area contributed by atoms with E-state index in [1.54, 1.807) is 18.4 Å². The standard InChI is InChI=1S/C17H30N4O2S.HI/c1-3-16-21-14(13-24-16)7-9-20-17(18-2)19-8-5-10-22-12-15-6-4-11-23-15;/h13,15H,3-12H2,1-2H3,(H2,18,19,20);1H. The van der Waals surface area contributed by atoms with Gasteiger partial charge in [0.2, 0.25) is 0 Å². The number of thiazole rings is 1. The molecular formula is C17H31IN4O2S. The van der Waals surface area contributed by atoms with Gasteiger partial charge in [-0.25, -0.2) is 4.98 Å². The lowest BCUT2D eigenvalue weighted by Gasteiger charge is -2.12. The third-order valence-corrected chi connectivity index (χ3v) is 4.93. The Morgan fingerprint density at radius 1 is 1.44 bits per heavy atom. The topological polar surface area (TPSA) is 67.8 Å². The molecule has 0 saturated carbocycles. The van der Waals surface area contributed by atoms with Crippen LogP contribution >= 0.6 is 35.3 Å². The predicted molar refractivity (Wildman–Crippen MR) is 114 cm³/mol. The van der Waals surface area contributed by atoms with E-state index in [-0.39, 0.29) is 24.0 Å². The molecule has 1 aliphatic rings. The minimum atomic E-state index is 0. The van der Waals surface area contributed by atoms with E-state index in [1.165, 1.54) is 5.01 Å². The highest BCUT2D eigenvalue weighted by atomic mass is 127. The van der Waals surface area contributed by atoms with Crippen LogP contribution in [-0.2, 0) is 22.3 Å². The average Bonchev–Trinajstić information content (AvgIpc) is 3.27. The number of nitrogens with one attached hydrogen (secondary N) is 2. The van der Waals surface area contributed by atoms with Gasteiger partial charge in [-0.1, -0.05) is 6.92 Å². The Balaban J connectivity index is 0.00000312. The SMILES string of the molecule is CCc1nc(CCNC(=NC)NCCCOCC2CCCO2)cs1.I. The molecule has 1 saturated heterocycles. The molecule has 25 heavy (non-hydrogen) atoms. The molecule has 1 aromatic heterocycles. The van der Waals surface area contributed by atoms with E-state index in [2.05, 4.69) is 32.9 Å². The van der Waals surface area contributed by atoms with Gasteiger partial charge in [-0.3, -0.25) is 4.99 Å². The maximum Gasteiger partial charge on any atom is 0.190 e. The van der Waals surface area contributed by atoms with Crippen LogP contribution in [0, 0.1) is 0 Å². The molecule has 8 heteroatoms. The van der Waals surface area contributed by atoms with Gasteiger partial charge in [0, 0.05) is 45.2 Å². The summed E-state index contributed by atoms with van der Waals surface area (Å²) in [5.41, 5.74) is 1.15. The first-order valence-corrected chi connectivity index (χ1v) is 9.77. The fraction of sp³-hybridized carbons (Fsp3) is 0.765. The highest BCUT2D eigenvalue weighted by molar-refractivity contribution is 14.0. The number of halogens is 1. The number of rotatable bonds is 10. The molecular weight excluding hydrogens is 451 g/mol. The van der Waals surface area contributed by atoms with E-state index >= 15 is 0 Å². The Morgan fingerprint density at radius 2 is 2.28 bits per heavy atom. The minimum absolute atomic E-state index is 0. The summed E-state index contributed by atoms with van der Waals surface area (Å²) in [7, 11) is 1.79. The molecule has 0 radical (unpaired) electrons. The summed E-state index contributed by atoms with van der Waals surface area (Å²) in [5.74, 6) is 0.833. The molecule has 144 valence electrons. The zero-order valence-corrected chi connectivity index (χ0v) is 18.4. The summed E-state index contributed by atoms with van der Waals surface area (Å²) < 4.78 is 11.2. The van der Waals surface area contributed by atoms with Crippen LogP contribution in [-0.4, -0.2) is 57.0 Å². The van der Waals surface area contributed by atoms with Crippen LogP contribution in [0.3, 0.4) is 0 Å².